The number of rotatable bonds is 6. The summed E-state index contributed by atoms with van der Waals surface area (Å²) in [6.07, 6.45) is 0. The monoisotopic (exact) mass is 405 g/mol. The molecule has 1 aromatic carbocycles. The van der Waals surface area contributed by atoms with Gasteiger partial charge in [0.1, 0.15) is 11.1 Å². The van der Waals surface area contributed by atoms with E-state index >= 15 is 0 Å². The van der Waals surface area contributed by atoms with Crippen molar-refractivity contribution in [3.8, 4) is 5.75 Å². The zero-order valence-electron chi connectivity index (χ0n) is 15.5. The number of amides is 3. The molecule has 0 bridgehead atoms. The van der Waals surface area contributed by atoms with Crippen molar-refractivity contribution in [3.05, 3.63) is 46.7 Å². The molecule has 27 heavy (non-hydrogen) atoms. The lowest BCUT2D eigenvalue weighted by molar-refractivity contribution is -0.129. The van der Waals surface area contributed by atoms with E-state index in [1.54, 1.807) is 54.3 Å². The van der Waals surface area contributed by atoms with Crippen LogP contribution in [0.3, 0.4) is 0 Å². The van der Waals surface area contributed by atoms with Gasteiger partial charge in [-0.3, -0.25) is 4.79 Å². The van der Waals surface area contributed by atoms with E-state index in [-0.39, 0.29) is 22.6 Å². The summed E-state index contributed by atoms with van der Waals surface area (Å²) in [6.45, 7) is 2.88. The molecule has 0 radical (unpaired) electrons. The van der Waals surface area contributed by atoms with Crippen LogP contribution in [0.15, 0.2) is 41.8 Å². The second-order valence-electron chi connectivity index (χ2n) is 6.23. The standard InChI is InChI=1S/C19H23N3O3S2/c1-13-17(23)22(18(27-13)16-9-6-12-26-16)11-10-21(2)19(24)20-14-7-4-5-8-15(14)25-3/h4-9,12-13,18H,10-11H2,1-3H3,(H,20,24)/t13-,18-/m0/s1. The van der Waals surface area contributed by atoms with Gasteiger partial charge in [0.25, 0.3) is 0 Å². The highest BCUT2D eigenvalue weighted by Crippen LogP contribution is 2.44. The number of nitrogens with zero attached hydrogens (tertiary/aromatic N) is 2. The molecule has 0 aliphatic carbocycles. The van der Waals surface area contributed by atoms with E-state index in [4.69, 9.17) is 4.74 Å². The number of para-hydroxylation sites is 2. The smallest absolute Gasteiger partial charge is 0.321 e. The number of methoxy groups -OCH3 is 1. The average Bonchev–Trinajstić information content (AvgIpc) is 3.29. The van der Waals surface area contributed by atoms with Crippen LogP contribution in [-0.2, 0) is 4.79 Å². The zero-order chi connectivity index (χ0) is 19.4. The molecule has 2 heterocycles. The van der Waals surface area contributed by atoms with Gasteiger partial charge in [-0.15, -0.1) is 23.1 Å². The van der Waals surface area contributed by atoms with Crippen molar-refractivity contribution < 1.29 is 14.3 Å². The summed E-state index contributed by atoms with van der Waals surface area (Å²) >= 11 is 3.31. The minimum atomic E-state index is -0.237. The first kappa shape index (κ1) is 19.6. The predicted octanol–water partition coefficient (Wildman–Crippen LogP) is 3.88. The van der Waals surface area contributed by atoms with Crippen molar-refractivity contribution in [3.63, 3.8) is 0 Å². The van der Waals surface area contributed by atoms with Gasteiger partial charge in [-0.25, -0.2) is 4.79 Å². The Kier molecular flexibility index (Phi) is 6.28. The number of hydrogen-bond donors (Lipinski definition) is 1. The Balaban J connectivity index is 1.61. The lowest BCUT2D eigenvalue weighted by atomic mass is 10.3. The molecule has 6 nitrogen and oxygen atoms in total. The van der Waals surface area contributed by atoms with Crippen molar-refractivity contribution in [2.24, 2.45) is 0 Å². The number of ether oxygens (including phenoxy) is 1. The van der Waals surface area contributed by atoms with E-state index < -0.39 is 0 Å². The van der Waals surface area contributed by atoms with Gasteiger partial charge in [0, 0.05) is 25.0 Å². The maximum absolute atomic E-state index is 12.5. The van der Waals surface area contributed by atoms with Crippen LogP contribution in [0.5, 0.6) is 5.75 Å². The largest absolute Gasteiger partial charge is 0.495 e. The zero-order valence-corrected chi connectivity index (χ0v) is 17.2. The van der Waals surface area contributed by atoms with Crippen LogP contribution in [0.25, 0.3) is 0 Å². The van der Waals surface area contributed by atoms with E-state index in [0.717, 1.165) is 0 Å². The molecule has 1 fully saturated rings. The number of likely N-dealkylation sites (N-methyl/N-ethyl adjacent to an activating group) is 1. The Hall–Kier alpha value is -2.19. The maximum atomic E-state index is 12.5. The molecule has 2 aromatic rings. The van der Waals surface area contributed by atoms with Gasteiger partial charge in [-0.1, -0.05) is 18.2 Å². The summed E-state index contributed by atoms with van der Waals surface area (Å²) in [5, 5.41) is 4.83. The first-order valence-electron chi connectivity index (χ1n) is 8.65. The highest BCUT2D eigenvalue weighted by Gasteiger charge is 2.38. The average molecular weight is 406 g/mol. The third-order valence-electron chi connectivity index (χ3n) is 4.41. The normalized spacial score (nSPS) is 19.2. The van der Waals surface area contributed by atoms with E-state index in [9.17, 15) is 9.59 Å². The fourth-order valence-corrected chi connectivity index (χ4v) is 5.13. The molecule has 0 unspecified atom stereocenters. The van der Waals surface area contributed by atoms with Crippen molar-refractivity contribution in [1.82, 2.24) is 9.80 Å². The van der Waals surface area contributed by atoms with Gasteiger partial charge in [0.2, 0.25) is 5.91 Å². The van der Waals surface area contributed by atoms with Gasteiger partial charge in [0.15, 0.2) is 0 Å². The Bertz CT molecular complexity index is 797. The predicted molar refractivity (Wildman–Crippen MR) is 110 cm³/mol. The van der Waals surface area contributed by atoms with E-state index in [0.29, 0.717) is 24.5 Å². The number of urea groups is 1. The Morgan fingerprint density at radius 3 is 2.78 bits per heavy atom. The molecule has 3 rings (SSSR count). The van der Waals surface area contributed by atoms with E-state index in [2.05, 4.69) is 11.4 Å². The number of carbonyl (C=O) groups is 2. The number of nitrogens with one attached hydrogen (secondary N) is 1. The number of benzene rings is 1. The summed E-state index contributed by atoms with van der Waals surface area (Å²) in [5.74, 6) is 0.730. The first-order valence-corrected chi connectivity index (χ1v) is 10.5. The molecule has 2 atom stereocenters. The van der Waals surface area contributed by atoms with Crippen molar-refractivity contribution in [2.75, 3.05) is 32.6 Å². The minimum Gasteiger partial charge on any atom is -0.495 e. The molecule has 1 saturated heterocycles. The lowest BCUT2D eigenvalue weighted by Crippen LogP contribution is -2.40. The van der Waals surface area contributed by atoms with Crippen LogP contribution in [0.2, 0.25) is 0 Å². The van der Waals surface area contributed by atoms with E-state index in [1.807, 2.05) is 35.4 Å². The van der Waals surface area contributed by atoms with Crippen LogP contribution in [0, 0.1) is 0 Å². The highest BCUT2D eigenvalue weighted by molar-refractivity contribution is 8.01. The molecule has 0 spiro atoms. The number of hydrogen-bond acceptors (Lipinski definition) is 5. The molecule has 3 amide bonds. The van der Waals surface area contributed by atoms with Gasteiger partial charge >= 0.3 is 6.03 Å². The fraction of sp³-hybridized carbons (Fsp3) is 0.368. The molecule has 144 valence electrons. The first-order chi connectivity index (χ1) is 13.0. The van der Waals surface area contributed by atoms with Gasteiger partial charge in [-0.2, -0.15) is 0 Å². The Labute approximate surface area is 167 Å². The second kappa shape index (κ2) is 8.67. The number of carbonyl (C=O) groups excluding carboxylic acids is 2. The fourth-order valence-electron chi connectivity index (χ4n) is 2.87. The van der Waals surface area contributed by atoms with Crippen LogP contribution >= 0.6 is 23.1 Å². The summed E-state index contributed by atoms with van der Waals surface area (Å²) in [7, 11) is 3.29. The Morgan fingerprint density at radius 2 is 2.07 bits per heavy atom. The molecule has 0 saturated carbocycles. The van der Waals surface area contributed by atoms with Crippen LogP contribution in [0.4, 0.5) is 10.5 Å². The van der Waals surface area contributed by atoms with E-state index in [1.165, 1.54) is 4.88 Å². The summed E-state index contributed by atoms with van der Waals surface area (Å²) in [5.41, 5.74) is 0.620. The van der Waals surface area contributed by atoms with Crippen molar-refractivity contribution >= 4 is 40.7 Å². The summed E-state index contributed by atoms with van der Waals surface area (Å²) in [4.78, 5) is 29.7. The highest BCUT2D eigenvalue weighted by atomic mass is 32.2. The van der Waals surface area contributed by atoms with Gasteiger partial charge in [-0.05, 0) is 30.5 Å². The third kappa shape index (κ3) is 4.39. The number of anilines is 1. The number of thioether (sulfide) groups is 1. The van der Waals surface area contributed by atoms with Crippen molar-refractivity contribution in [1.29, 1.82) is 0 Å². The molecule has 1 aromatic heterocycles. The molecule has 1 N–H and O–H groups in total. The van der Waals surface area contributed by atoms with Gasteiger partial charge in [0.05, 0.1) is 18.0 Å². The Morgan fingerprint density at radius 1 is 1.30 bits per heavy atom. The molecule has 8 heteroatoms. The maximum Gasteiger partial charge on any atom is 0.321 e. The van der Waals surface area contributed by atoms with Crippen LogP contribution < -0.4 is 10.1 Å². The second-order valence-corrected chi connectivity index (χ2v) is 8.63. The van der Waals surface area contributed by atoms with Gasteiger partial charge < -0.3 is 19.9 Å². The topological polar surface area (TPSA) is 61.9 Å². The number of thiophene rings is 1. The molecule has 1 aliphatic heterocycles. The SMILES string of the molecule is COc1ccccc1NC(=O)N(C)CCN1C(=O)[C@H](C)S[C@H]1c1cccs1. The quantitative estimate of drug-likeness (QED) is 0.792. The molecular formula is C19H23N3O3S2. The van der Waals surface area contributed by atoms with Crippen molar-refractivity contribution in [2.45, 2.75) is 17.5 Å². The minimum absolute atomic E-state index is 0.0261. The molecule has 1 aliphatic rings. The van der Waals surface area contributed by atoms with Crippen LogP contribution in [-0.4, -0.2) is 54.2 Å². The lowest BCUT2D eigenvalue weighted by Gasteiger charge is -2.26. The van der Waals surface area contributed by atoms with Crippen LogP contribution in [0.1, 0.15) is 17.2 Å². The summed E-state index contributed by atoms with van der Waals surface area (Å²) in [6, 6.07) is 11.1. The summed E-state index contributed by atoms with van der Waals surface area (Å²) < 4.78 is 5.26. The molecular weight excluding hydrogens is 382 g/mol. The third-order valence-corrected chi connectivity index (χ3v) is 6.86.